The van der Waals surface area contributed by atoms with Gasteiger partial charge in [0.05, 0.1) is 12.1 Å². The SMILES string of the molecule is CO/N=C(\C(=O)N1C[C@@H]2C[C@H]1CN2C(=O)C(OC)C1CCC1)c1csc(N)n1. The predicted octanol–water partition coefficient (Wildman–Crippen LogP) is 0.703. The molecule has 3 atom stereocenters. The van der Waals surface area contributed by atoms with Crippen LogP contribution in [0.1, 0.15) is 31.4 Å². The van der Waals surface area contributed by atoms with E-state index in [0.717, 1.165) is 25.7 Å². The van der Waals surface area contributed by atoms with Crippen LogP contribution in [-0.4, -0.2) is 77.8 Å². The predicted molar refractivity (Wildman–Crippen MR) is 104 cm³/mol. The Labute approximate surface area is 167 Å². The van der Waals surface area contributed by atoms with Crippen molar-refractivity contribution in [2.24, 2.45) is 11.1 Å². The van der Waals surface area contributed by atoms with Crippen LogP contribution in [0, 0.1) is 5.92 Å². The third-order valence-corrected chi connectivity index (χ3v) is 6.68. The summed E-state index contributed by atoms with van der Waals surface area (Å²) in [5.74, 6) is 0.142. The van der Waals surface area contributed by atoms with Gasteiger partial charge < -0.3 is 25.1 Å². The molecule has 3 fully saturated rings. The van der Waals surface area contributed by atoms with Gasteiger partial charge in [-0.15, -0.1) is 11.3 Å². The highest BCUT2D eigenvalue weighted by Gasteiger charge is 2.50. The van der Waals surface area contributed by atoms with Gasteiger partial charge in [-0.3, -0.25) is 9.59 Å². The summed E-state index contributed by atoms with van der Waals surface area (Å²) in [5.41, 5.74) is 6.25. The lowest BCUT2D eigenvalue weighted by Gasteiger charge is -2.39. The van der Waals surface area contributed by atoms with Crippen molar-refractivity contribution < 1.29 is 19.2 Å². The molecule has 0 aromatic carbocycles. The average Bonchev–Trinajstić information content (AvgIpc) is 3.36. The molecule has 9 nitrogen and oxygen atoms in total. The Hall–Kier alpha value is -2.20. The van der Waals surface area contributed by atoms with Crippen molar-refractivity contribution in [3.05, 3.63) is 11.1 Å². The highest BCUT2D eigenvalue weighted by molar-refractivity contribution is 7.13. The third kappa shape index (κ3) is 3.24. The molecule has 152 valence electrons. The molecule has 1 unspecified atom stereocenters. The number of aromatic nitrogens is 1. The molecule has 3 aliphatic rings. The van der Waals surface area contributed by atoms with Crippen molar-refractivity contribution >= 4 is 34.0 Å². The summed E-state index contributed by atoms with van der Waals surface area (Å²) < 4.78 is 5.51. The summed E-state index contributed by atoms with van der Waals surface area (Å²) in [6.07, 6.45) is 3.67. The van der Waals surface area contributed by atoms with Crippen molar-refractivity contribution in [3.63, 3.8) is 0 Å². The number of likely N-dealkylation sites (tertiary alicyclic amines) is 2. The monoisotopic (exact) mass is 407 g/mol. The maximum atomic E-state index is 13.1. The number of carbonyl (C=O) groups excluding carboxylic acids is 2. The van der Waals surface area contributed by atoms with E-state index in [0.29, 0.717) is 29.8 Å². The Kier molecular flexibility index (Phi) is 5.24. The van der Waals surface area contributed by atoms with Gasteiger partial charge in [-0.05, 0) is 25.2 Å². The first kappa shape index (κ1) is 19.1. The number of carbonyl (C=O) groups is 2. The van der Waals surface area contributed by atoms with Crippen molar-refractivity contribution in [1.29, 1.82) is 0 Å². The van der Waals surface area contributed by atoms with Crippen molar-refractivity contribution in [1.82, 2.24) is 14.8 Å². The van der Waals surface area contributed by atoms with E-state index in [9.17, 15) is 9.59 Å². The molecule has 1 saturated carbocycles. The Morgan fingerprint density at radius 1 is 1.29 bits per heavy atom. The van der Waals surface area contributed by atoms with Gasteiger partial charge in [0.15, 0.2) is 10.8 Å². The summed E-state index contributed by atoms with van der Waals surface area (Å²) in [4.78, 5) is 38.7. The highest BCUT2D eigenvalue weighted by Crippen LogP contribution is 2.36. The zero-order chi connectivity index (χ0) is 19.8. The van der Waals surface area contributed by atoms with Gasteiger partial charge in [0.25, 0.3) is 11.8 Å². The van der Waals surface area contributed by atoms with Gasteiger partial charge >= 0.3 is 0 Å². The molecule has 2 N–H and O–H groups in total. The number of fused-ring (bicyclic) bond motifs is 2. The fourth-order valence-electron chi connectivity index (χ4n) is 4.41. The molecule has 28 heavy (non-hydrogen) atoms. The number of thiazole rings is 1. The minimum Gasteiger partial charge on any atom is -0.398 e. The molecular formula is C18H25N5O4S. The number of hydrogen-bond donors (Lipinski definition) is 1. The number of amides is 2. The lowest BCUT2D eigenvalue weighted by molar-refractivity contribution is -0.151. The highest BCUT2D eigenvalue weighted by atomic mass is 32.1. The number of nitrogen functional groups attached to an aromatic ring is 1. The molecule has 2 bridgehead atoms. The second-order valence-corrected chi connectivity index (χ2v) is 8.42. The van der Waals surface area contributed by atoms with Gasteiger partial charge in [0.1, 0.15) is 18.9 Å². The number of rotatable bonds is 6. The minimum atomic E-state index is -0.360. The Morgan fingerprint density at radius 2 is 2.00 bits per heavy atom. The average molecular weight is 407 g/mol. The zero-order valence-electron chi connectivity index (χ0n) is 16.0. The van der Waals surface area contributed by atoms with E-state index in [4.69, 9.17) is 15.3 Å². The number of oxime groups is 1. The van der Waals surface area contributed by atoms with Gasteiger partial charge in [0.2, 0.25) is 0 Å². The smallest absolute Gasteiger partial charge is 0.278 e. The zero-order valence-corrected chi connectivity index (χ0v) is 16.9. The molecule has 1 aromatic heterocycles. The van der Waals surface area contributed by atoms with Crippen LogP contribution in [0.15, 0.2) is 10.5 Å². The number of piperazine rings is 1. The van der Waals surface area contributed by atoms with Crippen LogP contribution in [0.4, 0.5) is 5.13 Å². The van der Waals surface area contributed by atoms with Crippen molar-refractivity contribution in [3.8, 4) is 0 Å². The lowest BCUT2D eigenvalue weighted by atomic mass is 9.80. The molecule has 2 saturated heterocycles. The van der Waals surface area contributed by atoms with Gasteiger partial charge in [-0.25, -0.2) is 4.98 Å². The molecule has 1 aliphatic carbocycles. The Balaban J connectivity index is 1.45. The largest absolute Gasteiger partial charge is 0.398 e. The fourth-order valence-corrected chi connectivity index (χ4v) is 4.95. The van der Waals surface area contributed by atoms with Crippen LogP contribution in [0.3, 0.4) is 0 Å². The number of nitrogens with two attached hydrogens (primary N) is 1. The van der Waals surface area contributed by atoms with Crippen LogP contribution in [0.2, 0.25) is 0 Å². The van der Waals surface area contributed by atoms with Gasteiger partial charge in [-0.1, -0.05) is 11.6 Å². The Bertz CT molecular complexity index is 793. The first-order valence-electron chi connectivity index (χ1n) is 9.50. The van der Waals surface area contributed by atoms with Crippen LogP contribution >= 0.6 is 11.3 Å². The van der Waals surface area contributed by atoms with Crippen LogP contribution in [0.5, 0.6) is 0 Å². The standard InChI is InChI=1S/C18H25N5O4S/c1-26-15(10-4-3-5-10)17(25)23-8-11-6-12(23)7-22(11)16(24)14(21-27-2)13-9-28-18(19)20-13/h9-12,15H,3-8H2,1-2H3,(H2,19,20)/b21-14-/t11-,12-,15?/m0/s1. The molecule has 4 rings (SSSR count). The minimum absolute atomic E-state index is 0.0171. The normalized spacial score (nSPS) is 25.7. The number of nitrogens with zero attached hydrogens (tertiary/aromatic N) is 4. The number of hydrogen-bond acceptors (Lipinski definition) is 8. The maximum Gasteiger partial charge on any atom is 0.278 e. The van der Waals surface area contributed by atoms with Crippen molar-refractivity contribution in [2.45, 2.75) is 43.9 Å². The lowest BCUT2D eigenvalue weighted by Crippen LogP contribution is -2.55. The number of methoxy groups -OCH3 is 1. The molecule has 1 aromatic rings. The second-order valence-electron chi connectivity index (χ2n) is 7.53. The summed E-state index contributed by atoms with van der Waals surface area (Å²) in [7, 11) is 3.00. The molecule has 0 radical (unpaired) electrons. The van der Waals surface area contributed by atoms with Crippen LogP contribution < -0.4 is 5.73 Å². The van der Waals surface area contributed by atoms with Gasteiger partial charge in [0, 0.05) is 25.6 Å². The second kappa shape index (κ2) is 7.67. The Morgan fingerprint density at radius 3 is 2.50 bits per heavy atom. The summed E-state index contributed by atoms with van der Waals surface area (Å²) in [6.45, 7) is 1.01. The van der Waals surface area contributed by atoms with E-state index in [1.807, 2.05) is 4.90 Å². The molecule has 10 heteroatoms. The van der Waals surface area contributed by atoms with E-state index in [1.54, 1.807) is 17.4 Å². The number of ether oxygens (including phenoxy) is 1. The molecule has 3 heterocycles. The fraction of sp³-hybridized carbons (Fsp3) is 0.667. The molecule has 0 spiro atoms. The topological polar surface area (TPSA) is 110 Å². The molecule has 2 aliphatic heterocycles. The van der Waals surface area contributed by atoms with E-state index < -0.39 is 0 Å². The number of anilines is 1. The van der Waals surface area contributed by atoms with E-state index >= 15 is 0 Å². The van der Waals surface area contributed by atoms with Crippen LogP contribution in [0.25, 0.3) is 0 Å². The summed E-state index contributed by atoms with van der Waals surface area (Å²) in [5, 5.41) is 5.95. The first-order chi connectivity index (χ1) is 13.5. The first-order valence-corrected chi connectivity index (χ1v) is 10.4. The van der Waals surface area contributed by atoms with E-state index in [2.05, 4.69) is 10.1 Å². The molecule has 2 amide bonds. The van der Waals surface area contributed by atoms with Crippen molar-refractivity contribution in [2.75, 3.05) is 33.0 Å². The van der Waals surface area contributed by atoms with E-state index in [1.165, 1.54) is 18.4 Å². The molecular weight excluding hydrogens is 382 g/mol. The summed E-state index contributed by atoms with van der Waals surface area (Å²) in [6, 6.07) is -0.0122. The van der Waals surface area contributed by atoms with Crippen LogP contribution in [-0.2, 0) is 19.2 Å². The van der Waals surface area contributed by atoms with Gasteiger partial charge in [-0.2, -0.15) is 0 Å². The maximum absolute atomic E-state index is 13.1. The van der Waals surface area contributed by atoms with E-state index in [-0.39, 0.29) is 35.7 Å². The summed E-state index contributed by atoms with van der Waals surface area (Å²) >= 11 is 1.25. The third-order valence-electron chi connectivity index (χ3n) is 6.01. The quantitative estimate of drug-likeness (QED) is 0.549.